The molecule has 0 spiro atoms. The highest BCUT2D eigenvalue weighted by Gasteiger charge is 2.16. The molecule has 32 heavy (non-hydrogen) atoms. The molecule has 0 radical (unpaired) electrons. The summed E-state index contributed by atoms with van der Waals surface area (Å²) in [6, 6.07) is 20.8. The number of fused-ring (bicyclic) bond motifs is 2. The van der Waals surface area contributed by atoms with E-state index in [0.717, 1.165) is 44.2 Å². The number of aromatic amines is 1. The second kappa shape index (κ2) is 7.51. The number of halogens is 1. The summed E-state index contributed by atoms with van der Waals surface area (Å²) in [5.74, 6) is 0.565. The zero-order chi connectivity index (χ0) is 21.7. The summed E-state index contributed by atoms with van der Waals surface area (Å²) < 4.78 is 17.9. The fraction of sp³-hybridized carbons (Fsp3) is 0.0417. The molecule has 0 amide bonds. The molecule has 156 valence electrons. The number of hydrogen-bond acceptors (Lipinski definition) is 4. The Hall–Kier alpha value is -3.62. The van der Waals surface area contributed by atoms with Gasteiger partial charge in [0.2, 0.25) is 0 Å². The van der Waals surface area contributed by atoms with Crippen LogP contribution in [0, 0.1) is 10.6 Å². The summed E-state index contributed by atoms with van der Waals surface area (Å²) >= 11 is 7.15. The largest absolute Gasteiger partial charge is 0.294 e. The number of imidazole rings is 1. The normalized spacial score (nSPS) is 11.5. The van der Waals surface area contributed by atoms with E-state index in [1.54, 1.807) is 23.5 Å². The van der Waals surface area contributed by atoms with Crippen LogP contribution in [0.2, 0.25) is 0 Å². The van der Waals surface area contributed by atoms with Gasteiger partial charge in [-0.1, -0.05) is 36.4 Å². The van der Waals surface area contributed by atoms with Gasteiger partial charge in [0.05, 0.1) is 11.4 Å². The molecule has 5 nitrogen and oxygen atoms in total. The minimum atomic E-state index is -0.258. The van der Waals surface area contributed by atoms with Crippen molar-refractivity contribution in [3.63, 3.8) is 0 Å². The van der Waals surface area contributed by atoms with E-state index in [0.29, 0.717) is 11.2 Å². The lowest BCUT2D eigenvalue weighted by Crippen LogP contribution is -2.04. The highest BCUT2D eigenvalue weighted by molar-refractivity contribution is 7.71. The molecule has 0 saturated heterocycles. The molecule has 6 aromatic rings. The van der Waals surface area contributed by atoms with Gasteiger partial charge in [-0.25, -0.2) is 9.37 Å². The monoisotopic (exact) mass is 457 g/mol. The maximum Gasteiger partial charge on any atom is 0.199 e. The fourth-order valence-electron chi connectivity index (χ4n) is 3.98. The van der Waals surface area contributed by atoms with Crippen LogP contribution in [0.3, 0.4) is 0 Å². The number of nitrogens with one attached hydrogen (secondary N) is 1. The molecule has 0 aliphatic rings. The van der Waals surface area contributed by atoms with Crippen LogP contribution in [0.5, 0.6) is 0 Å². The van der Waals surface area contributed by atoms with Crippen LogP contribution < -0.4 is 0 Å². The third-order valence-electron chi connectivity index (χ3n) is 5.51. The maximum atomic E-state index is 13.3. The van der Waals surface area contributed by atoms with Gasteiger partial charge < -0.3 is 0 Å². The molecular formula is C24H16FN5S2. The van der Waals surface area contributed by atoms with Crippen molar-refractivity contribution in [2.45, 2.75) is 6.42 Å². The van der Waals surface area contributed by atoms with Gasteiger partial charge in [0, 0.05) is 34.6 Å². The Bertz CT molecular complexity index is 1630. The molecule has 0 bridgehead atoms. The number of rotatable bonds is 4. The van der Waals surface area contributed by atoms with Crippen LogP contribution in [-0.2, 0) is 6.42 Å². The quantitative estimate of drug-likeness (QED) is 0.321. The van der Waals surface area contributed by atoms with E-state index in [2.05, 4.69) is 44.2 Å². The third-order valence-corrected chi connectivity index (χ3v) is 6.67. The molecule has 0 unspecified atom stereocenters. The van der Waals surface area contributed by atoms with Crippen molar-refractivity contribution in [2.75, 3.05) is 0 Å². The Balaban J connectivity index is 1.43. The molecular weight excluding hydrogens is 441 g/mol. The summed E-state index contributed by atoms with van der Waals surface area (Å²) in [4.78, 5) is 5.58. The lowest BCUT2D eigenvalue weighted by Gasteiger charge is -2.10. The van der Waals surface area contributed by atoms with Crippen molar-refractivity contribution in [2.24, 2.45) is 0 Å². The highest BCUT2D eigenvalue weighted by atomic mass is 32.1. The Morgan fingerprint density at radius 2 is 1.81 bits per heavy atom. The molecule has 0 aliphatic carbocycles. The minimum Gasteiger partial charge on any atom is -0.294 e. The van der Waals surface area contributed by atoms with Crippen LogP contribution in [0.15, 0.2) is 78.3 Å². The molecule has 0 atom stereocenters. The lowest BCUT2D eigenvalue weighted by molar-refractivity contribution is 0.628. The van der Waals surface area contributed by atoms with Crippen molar-refractivity contribution in [1.82, 2.24) is 24.1 Å². The standard InChI is InChI=1S/C24H16FN5S2/c25-17-10-8-16(9-11-17)20-13-29-18(14-32-24(29)26-20)12-22-27-28-23(31)30(22)21-7-3-5-15-4-1-2-6-19(15)21/h1-11,13-14H,12H2,(H,28,31). The maximum absolute atomic E-state index is 13.3. The predicted octanol–water partition coefficient (Wildman–Crippen LogP) is 6.19. The third kappa shape index (κ3) is 3.16. The van der Waals surface area contributed by atoms with Crippen molar-refractivity contribution < 1.29 is 4.39 Å². The number of benzene rings is 3. The van der Waals surface area contributed by atoms with E-state index < -0.39 is 0 Å². The van der Waals surface area contributed by atoms with Gasteiger partial charge in [-0.15, -0.1) is 11.3 Å². The zero-order valence-corrected chi connectivity index (χ0v) is 18.3. The van der Waals surface area contributed by atoms with E-state index in [1.165, 1.54) is 12.1 Å². The molecule has 0 aliphatic heterocycles. The van der Waals surface area contributed by atoms with E-state index in [1.807, 2.05) is 29.0 Å². The van der Waals surface area contributed by atoms with Gasteiger partial charge in [-0.05, 0) is 47.9 Å². The summed E-state index contributed by atoms with van der Waals surface area (Å²) in [7, 11) is 0. The van der Waals surface area contributed by atoms with E-state index in [-0.39, 0.29) is 5.82 Å². The summed E-state index contributed by atoms with van der Waals surface area (Å²) in [5, 5.41) is 11.8. The van der Waals surface area contributed by atoms with Gasteiger partial charge in [-0.2, -0.15) is 5.10 Å². The first-order chi connectivity index (χ1) is 15.7. The van der Waals surface area contributed by atoms with Crippen molar-refractivity contribution >= 4 is 39.3 Å². The molecule has 3 aromatic carbocycles. The van der Waals surface area contributed by atoms with E-state index in [9.17, 15) is 4.39 Å². The van der Waals surface area contributed by atoms with Crippen molar-refractivity contribution in [3.8, 4) is 16.9 Å². The number of thiazole rings is 1. The van der Waals surface area contributed by atoms with E-state index >= 15 is 0 Å². The van der Waals surface area contributed by atoms with Gasteiger partial charge >= 0.3 is 0 Å². The average molecular weight is 458 g/mol. The van der Waals surface area contributed by atoms with Gasteiger partial charge in [0.1, 0.15) is 11.6 Å². The lowest BCUT2D eigenvalue weighted by atomic mass is 10.1. The van der Waals surface area contributed by atoms with Gasteiger partial charge in [-0.3, -0.25) is 14.1 Å². The first-order valence-electron chi connectivity index (χ1n) is 10.0. The number of H-pyrrole nitrogens is 1. The molecule has 1 N–H and O–H groups in total. The van der Waals surface area contributed by atoms with Crippen LogP contribution in [0.1, 0.15) is 11.5 Å². The van der Waals surface area contributed by atoms with Gasteiger partial charge in [0.25, 0.3) is 0 Å². The van der Waals surface area contributed by atoms with Crippen LogP contribution >= 0.6 is 23.6 Å². The molecule has 0 saturated carbocycles. The summed E-state index contributed by atoms with van der Waals surface area (Å²) in [5.41, 5.74) is 3.75. The van der Waals surface area contributed by atoms with Crippen molar-refractivity contribution in [1.29, 1.82) is 0 Å². The second-order valence-electron chi connectivity index (χ2n) is 7.47. The Morgan fingerprint density at radius 1 is 1.00 bits per heavy atom. The zero-order valence-electron chi connectivity index (χ0n) is 16.7. The predicted molar refractivity (Wildman–Crippen MR) is 128 cm³/mol. The summed E-state index contributed by atoms with van der Waals surface area (Å²) in [6.45, 7) is 0. The number of nitrogens with zero attached hydrogens (tertiary/aromatic N) is 4. The van der Waals surface area contributed by atoms with Gasteiger partial charge in [0.15, 0.2) is 9.73 Å². The molecule has 3 aromatic heterocycles. The van der Waals surface area contributed by atoms with Crippen LogP contribution in [0.4, 0.5) is 4.39 Å². The highest BCUT2D eigenvalue weighted by Crippen LogP contribution is 2.27. The second-order valence-corrected chi connectivity index (χ2v) is 8.69. The Labute approximate surface area is 191 Å². The minimum absolute atomic E-state index is 0.258. The van der Waals surface area contributed by atoms with Crippen LogP contribution in [-0.4, -0.2) is 24.1 Å². The average Bonchev–Trinajstić information content (AvgIpc) is 3.50. The topological polar surface area (TPSA) is 50.9 Å². The van der Waals surface area contributed by atoms with Crippen LogP contribution in [0.25, 0.3) is 32.7 Å². The van der Waals surface area contributed by atoms with Crippen molar-refractivity contribution in [3.05, 3.63) is 100 Å². The molecule has 0 fully saturated rings. The molecule has 6 rings (SSSR count). The molecule has 3 heterocycles. The Morgan fingerprint density at radius 3 is 2.69 bits per heavy atom. The first kappa shape index (κ1) is 19.1. The smallest absolute Gasteiger partial charge is 0.199 e. The summed E-state index contributed by atoms with van der Waals surface area (Å²) in [6.07, 6.45) is 2.56. The number of aromatic nitrogens is 5. The SMILES string of the molecule is Fc1ccc(-c2cn3c(Cc4n[nH]c(=S)n4-c4cccc5ccccc45)csc3n2)cc1. The van der Waals surface area contributed by atoms with E-state index in [4.69, 9.17) is 17.2 Å². The first-order valence-corrected chi connectivity index (χ1v) is 11.3. The fourth-order valence-corrected chi connectivity index (χ4v) is 5.10. The molecule has 8 heteroatoms. The number of hydrogen-bond donors (Lipinski definition) is 1. The Kier molecular flexibility index (Phi) is 4.48.